The molecule has 1 aromatic rings. The van der Waals surface area contributed by atoms with Gasteiger partial charge in [-0.3, -0.25) is 4.90 Å². The lowest BCUT2D eigenvalue weighted by Gasteiger charge is -2.27. The van der Waals surface area contributed by atoms with Crippen LogP contribution in [0, 0.1) is 11.8 Å². The maximum Gasteiger partial charge on any atom is 0.416 e. The zero-order valence-corrected chi connectivity index (χ0v) is 12.2. The van der Waals surface area contributed by atoms with E-state index in [1.54, 1.807) is 12.1 Å². The van der Waals surface area contributed by atoms with Gasteiger partial charge in [0.1, 0.15) is 0 Å². The molecule has 2 nitrogen and oxygen atoms in total. The second kappa shape index (κ2) is 5.61. The normalized spacial score (nSPS) is 29.8. The predicted molar refractivity (Wildman–Crippen MR) is 75.8 cm³/mol. The van der Waals surface area contributed by atoms with Crippen molar-refractivity contribution >= 4 is 0 Å². The van der Waals surface area contributed by atoms with Gasteiger partial charge in [0.25, 0.3) is 0 Å². The van der Waals surface area contributed by atoms with Gasteiger partial charge in [-0.05, 0) is 43.0 Å². The quantitative estimate of drug-likeness (QED) is 0.922. The highest BCUT2D eigenvalue weighted by atomic mass is 19.4. The summed E-state index contributed by atoms with van der Waals surface area (Å²) in [6.07, 6.45) is -3.27. The highest BCUT2D eigenvalue weighted by Crippen LogP contribution is 2.37. The van der Waals surface area contributed by atoms with Gasteiger partial charge >= 0.3 is 6.18 Å². The van der Waals surface area contributed by atoms with Crippen LogP contribution in [-0.4, -0.2) is 30.6 Å². The van der Waals surface area contributed by atoms with E-state index < -0.39 is 11.7 Å². The minimum absolute atomic E-state index is 0.395. The third kappa shape index (κ3) is 2.81. The molecule has 3 unspecified atom stereocenters. The molecule has 0 amide bonds. The second-order valence-corrected chi connectivity index (χ2v) is 6.14. The number of likely N-dealkylation sites (tertiary alicyclic amines) is 1. The van der Waals surface area contributed by atoms with Crippen molar-refractivity contribution in [2.24, 2.45) is 11.8 Å². The SMILES string of the molecule is CCC1C2CNCC2CN1Cc1ccccc1C(F)(F)F. The highest BCUT2D eigenvalue weighted by Gasteiger charge is 2.43. The molecule has 2 fully saturated rings. The van der Waals surface area contributed by atoms with Crippen LogP contribution in [0.4, 0.5) is 13.2 Å². The molecule has 1 aromatic carbocycles. The van der Waals surface area contributed by atoms with Crippen LogP contribution in [0.5, 0.6) is 0 Å². The van der Waals surface area contributed by atoms with Crippen LogP contribution in [0.15, 0.2) is 24.3 Å². The Morgan fingerprint density at radius 2 is 2.00 bits per heavy atom. The highest BCUT2D eigenvalue weighted by molar-refractivity contribution is 5.29. The van der Waals surface area contributed by atoms with Gasteiger partial charge in [-0.1, -0.05) is 25.1 Å². The third-order valence-corrected chi connectivity index (χ3v) is 4.94. The number of fused-ring (bicyclic) bond motifs is 1. The second-order valence-electron chi connectivity index (χ2n) is 6.14. The van der Waals surface area contributed by atoms with Crippen molar-refractivity contribution in [2.45, 2.75) is 32.1 Å². The number of halogens is 3. The van der Waals surface area contributed by atoms with Crippen LogP contribution in [0.2, 0.25) is 0 Å². The molecular formula is C16H21F3N2. The number of nitrogens with one attached hydrogen (secondary N) is 1. The van der Waals surface area contributed by atoms with Crippen molar-refractivity contribution in [2.75, 3.05) is 19.6 Å². The van der Waals surface area contributed by atoms with E-state index in [-0.39, 0.29) is 0 Å². The molecule has 21 heavy (non-hydrogen) atoms. The van der Waals surface area contributed by atoms with Gasteiger partial charge in [0.15, 0.2) is 0 Å². The fourth-order valence-electron chi connectivity index (χ4n) is 4.01. The van der Waals surface area contributed by atoms with E-state index in [4.69, 9.17) is 0 Å². The number of hydrogen-bond donors (Lipinski definition) is 1. The topological polar surface area (TPSA) is 15.3 Å². The summed E-state index contributed by atoms with van der Waals surface area (Å²) in [5, 5.41) is 3.40. The number of alkyl halides is 3. The van der Waals surface area contributed by atoms with Crippen LogP contribution in [0.1, 0.15) is 24.5 Å². The van der Waals surface area contributed by atoms with E-state index in [1.807, 2.05) is 0 Å². The van der Waals surface area contributed by atoms with Gasteiger partial charge < -0.3 is 5.32 Å². The van der Waals surface area contributed by atoms with Crippen LogP contribution >= 0.6 is 0 Å². The predicted octanol–water partition coefficient (Wildman–Crippen LogP) is 3.14. The number of rotatable bonds is 3. The van der Waals surface area contributed by atoms with Crippen LogP contribution in [0.25, 0.3) is 0 Å². The average Bonchev–Trinajstić information content (AvgIpc) is 2.98. The van der Waals surface area contributed by atoms with Crippen LogP contribution in [-0.2, 0) is 12.7 Å². The Balaban J connectivity index is 1.81. The Morgan fingerprint density at radius 1 is 1.24 bits per heavy atom. The van der Waals surface area contributed by atoms with Crippen molar-refractivity contribution in [1.29, 1.82) is 0 Å². The van der Waals surface area contributed by atoms with Crippen molar-refractivity contribution in [3.63, 3.8) is 0 Å². The molecule has 0 bridgehead atoms. The molecule has 3 rings (SSSR count). The third-order valence-electron chi connectivity index (χ3n) is 4.94. The van der Waals surface area contributed by atoms with Crippen molar-refractivity contribution < 1.29 is 13.2 Å². The molecule has 2 heterocycles. The van der Waals surface area contributed by atoms with Gasteiger partial charge in [-0.15, -0.1) is 0 Å². The fourth-order valence-corrected chi connectivity index (χ4v) is 4.01. The van der Waals surface area contributed by atoms with E-state index >= 15 is 0 Å². The Bertz CT molecular complexity index is 501. The summed E-state index contributed by atoms with van der Waals surface area (Å²) in [5.74, 6) is 1.18. The number of hydrogen-bond acceptors (Lipinski definition) is 2. The summed E-state index contributed by atoms with van der Waals surface area (Å²) in [6.45, 7) is 5.44. The Morgan fingerprint density at radius 3 is 2.71 bits per heavy atom. The van der Waals surface area contributed by atoms with Crippen LogP contribution in [0.3, 0.4) is 0 Å². The lowest BCUT2D eigenvalue weighted by Crippen LogP contribution is -2.35. The van der Waals surface area contributed by atoms with Gasteiger partial charge in [0, 0.05) is 19.1 Å². The van der Waals surface area contributed by atoms with Gasteiger partial charge in [-0.2, -0.15) is 13.2 Å². The molecule has 2 aliphatic heterocycles. The summed E-state index contributed by atoms with van der Waals surface area (Å²) in [4.78, 5) is 2.25. The van der Waals surface area contributed by atoms with E-state index in [0.717, 1.165) is 26.1 Å². The standard InChI is InChI=1S/C16H21F3N2/c1-2-15-13-8-20-7-12(13)10-21(15)9-11-5-3-4-6-14(11)16(17,18)19/h3-6,12-13,15,20H,2,7-10H2,1H3. The molecule has 0 aromatic heterocycles. The van der Waals surface area contributed by atoms with Gasteiger partial charge in [-0.25, -0.2) is 0 Å². The smallest absolute Gasteiger partial charge is 0.316 e. The van der Waals surface area contributed by atoms with Gasteiger partial charge in [0.2, 0.25) is 0 Å². The summed E-state index contributed by atoms with van der Waals surface area (Å²) in [5.41, 5.74) is -0.0913. The van der Waals surface area contributed by atoms with E-state index in [1.165, 1.54) is 12.1 Å². The molecular weight excluding hydrogens is 277 g/mol. The van der Waals surface area contributed by atoms with E-state index in [9.17, 15) is 13.2 Å². The fraction of sp³-hybridized carbons (Fsp3) is 0.625. The summed E-state index contributed by atoms with van der Waals surface area (Å²) in [7, 11) is 0. The summed E-state index contributed by atoms with van der Waals surface area (Å²) < 4.78 is 39.3. The maximum absolute atomic E-state index is 13.1. The zero-order valence-electron chi connectivity index (χ0n) is 12.2. The first-order chi connectivity index (χ1) is 10.0. The molecule has 2 saturated heterocycles. The molecule has 0 spiro atoms. The van der Waals surface area contributed by atoms with Gasteiger partial charge in [0.05, 0.1) is 5.56 Å². The largest absolute Gasteiger partial charge is 0.416 e. The summed E-state index contributed by atoms with van der Waals surface area (Å²) in [6, 6.07) is 6.36. The Kier molecular flexibility index (Phi) is 3.97. The molecule has 0 saturated carbocycles. The average molecular weight is 298 g/mol. The minimum Gasteiger partial charge on any atom is -0.316 e. The number of benzene rings is 1. The van der Waals surface area contributed by atoms with Crippen molar-refractivity contribution in [3.8, 4) is 0 Å². The first kappa shape index (κ1) is 14.9. The van der Waals surface area contributed by atoms with Crippen molar-refractivity contribution in [1.82, 2.24) is 10.2 Å². The van der Waals surface area contributed by atoms with Crippen molar-refractivity contribution in [3.05, 3.63) is 35.4 Å². The molecule has 2 aliphatic rings. The monoisotopic (exact) mass is 298 g/mol. The molecule has 1 N–H and O–H groups in total. The maximum atomic E-state index is 13.1. The first-order valence-corrected chi connectivity index (χ1v) is 7.60. The van der Waals surface area contributed by atoms with Crippen LogP contribution < -0.4 is 5.32 Å². The number of nitrogens with zero attached hydrogens (tertiary/aromatic N) is 1. The van der Waals surface area contributed by atoms with E-state index in [0.29, 0.717) is 30.0 Å². The molecule has 0 aliphatic carbocycles. The Labute approximate surface area is 123 Å². The molecule has 116 valence electrons. The first-order valence-electron chi connectivity index (χ1n) is 7.60. The molecule has 3 atom stereocenters. The van der Waals surface area contributed by atoms with E-state index in [2.05, 4.69) is 17.1 Å². The molecule has 0 radical (unpaired) electrons. The minimum atomic E-state index is -4.27. The summed E-state index contributed by atoms with van der Waals surface area (Å²) >= 11 is 0. The molecule has 5 heteroatoms. The zero-order chi connectivity index (χ0) is 15.0. The lowest BCUT2D eigenvalue weighted by molar-refractivity contribution is -0.138. The lowest BCUT2D eigenvalue weighted by atomic mass is 9.93. The Hall–Kier alpha value is -1.07.